The maximum Gasteiger partial charge on any atom is 0.123 e. The molecule has 18 heavy (non-hydrogen) atoms. The molecule has 2 rings (SSSR count). The monoisotopic (exact) mass is 250 g/mol. The molecule has 2 N–H and O–H groups in total. The Morgan fingerprint density at radius 2 is 2.11 bits per heavy atom. The molecule has 0 amide bonds. The summed E-state index contributed by atoms with van der Waals surface area (Å²) in [5.74, 6) is 0.859. The Balaban J connectivity index is 2.27. The van der Waals surface area contributed by atoms with Gasteiger partial charge in [0.15, 0.2) is 0 Å². The fraction of sp³-hybridized carbons (Fsp3) is 0.571. The first-order valence-electron chi connectivity index (χ1n) is 6.46. The normalized spacial score (nSPS) is 18.6. The summed E-state index contributed by atoms with van der Waals surface area (Å²) in [5, 5.41) is 13.1. The van der Waals surface area contributed by atoms with Crippen molar-refractivity contribution in [2.45, 2.75) is 13.0 Å². The van der Waals surface area contributed by atoms with Gasteiger partial charge in [-0.2, -0.15) is 0 Å². The minimum Gasteiger partial charge on any atom is -0.496 e. The molecule has 0 saturated carbocycles. The Morgan fingerprint density at radius 3 is 2.72 bits per heavy atom. The van der Waals surface area contributed by atoms with Gasteiger partial charge in [0.2, 0.25) is 0 Å². The average Bonchev–Trinajstić information content (AvgIpc) is 2.41. The van der Waals surface area contributed by atoms with Gasteiger partial charge >= 0.3 is 0 Å². The van der Waals surface area contributed by atoms with Crippen LogP contribution in [0.15, 0.2) is 18.2 Å². The maximum absolute atomic E-state index is 9.72. The van der Waals surface area contributed by atoms with Gasteiger partial charge in [-0.3, -0.25) is 4.90 Å². The van der Waals surface area contributed by atoms with E-state index in [0.29, 0.717) is 0 Å². The summed E-state index contributed by atoms with van der Waals surface area (Å²) in [6, 6.07) is 6.16. The smallest absolute Gasteiger partial charge is 0.123 e. The minimum absolute atomic E-state index is 0.0296. The molecule has 100 valence electrons. The van der Waals surface area contributed by atoms with Crippen LogP contribution in [0.1, 0.15) is 17.2 Å². The van der Waals surface area contributed by atoms with Crippen LogP contribution in [0, 0.1) is 6.92 Å². The van der Waals surface area contributed by atoms with Crippen molar-refractivity contribution in [1.82, 2.24) is 10.2 Å². The second-order valence-electron chi connectivity index (χ2n) is 4.73. The van der Waals surface area contributed by atoms with Gasteiger partial charge < -0.3 is 15.2 Å². The number of rotatable bonds is 4. The van der Waals surface area contributed by atoms with Gasteiger partial charge in [0, 0.05) is 31.7 Å². The quantitative estimate of drug-likeness (QED) is 0.835. The second-order valence-corrected chi connectivity index (χ2v) is 4.73. The van der Waals surface area contributed by atoms with Crippen molar-refractivity contribution in [2.24, 2.45) is 0 Å². The number of nitrogens with one attached hydrogen (secondary N) is 1. The number of piperazine rings is 1. The zero-order chi connectivity index (χ0) is 13.0. The molecule has 1 saturated heterocycles. The lowest BCUT2D eigenvalue weighted by Crippen LogP contribution is -2.46. The van der Waals surface area contributed by atoms with Gasteiger partial charge in [-0.1, -0.05) is 17.7 Å². The third-order valence-electron chi connectivity index (χ3n) is 3.51. The number of aryl methyl sites for hydroxylation is 1. The molecule has 4 heteroatoms. The third kappa shape index (κ3) is 2.83. The maximum atomic E-state index is 9.72. The van der Waals surface area contributed by atoms with Gasteiger partial charge in [-0.25, -0.2) is 0 Å². The molecule has 4 nitrogen and oxygen atoms in total. The lowest BCUT2D eigenvalue weighted by molar-refractivity contribution is 0.109. The van der Waals surface area contributed by atoms with E-state index in [2.05, 4.69) is 23.2 Å². The lowest BCUT2D eigenvalue weighted by atomic mass is 10.0. The van der Waals surface area contributed by atoms with Crippen LogP contribution in [-0.2, 0) is 0 Å². The number of benzene rings is 1. The molecule has 1 heterocycles. The van der Waals surface area contributed by atoms with Crippen molar-refractivity contribution in [3.8, 4) is 5.75 Å². The molecule has 1 aliphatic heterocycles. The van der Waals surface area contributed by atoms with E-state index in [0.717, 1.165) is 37.5 Å². The van der Waals surface area contributed by atoms with Crippen molar-refractivity contribution in [1.29, 1.82) is 0 Å². The molecule has 1 atom stereocenters. The highest BCUT2D eigenvalue weighted by Crippen LogP contribution is 2.30. The van der Waals surface area contributed by atoms with Gasteiger partial charge in [-0.15, -0.1) is 0 Å². The highest BCUT2D eigenvalue weighted by Gasteiger charge is 2.24. The molecular weight excluding hydrogens is 228 g/mol. The summed E-state index contributed by atoms with van der Waals surface area (Å²) in [4.78, 5) is 2.31. The van der Waals surface area contributed by atoms with Crippen LogP contribution in [0.3, 0.4) is 0 Å². The Kier molecular flexibility index (Phi) is 4.58. The minimum atomic E-state index is 0.0296. The van der Waals surface area contributed by atoms with Crippen molar-refractivity contribution >= 4 is 0 Å². The Labute approximate surface area is 109 Å². The van der Waals surface area contributed by atoms with Crippen molar-refractivity contribution in [3.05, 3.63) is 29.3 Å². The van der Waals surface area contributed by atoms with Crippen LogP contribution in [0.5, 0.6) is 5.75 Å². The van der Waals surface area contributed by atoms with E-state index in [4.69, 9.17) is 4.74 Å². The van der Waals surface area contributed by atoms with E-state index in [9.17, 15) is 5.11 Å². The average molecular weight is 250 g/mol. The molecular formula is C14H22N2O2. The molecule has 0 bridgehead atoms. The Morgan fingerprint density at radius 1 is 1.39 bits per heavy atom. The van der Waals surface area contributed by atoms with E-state index in [1.807, 2.05) is 12.1 Å². The Hall–Kier alpha value is -1.10. The predicted molar refractivity (Wildman–Crippen MR) is 72.0 cm³/mol. The van der Waals surface area contributed by atoms with E-state index < -0.39 is 0 Å². The van der Waals surface area contributed by atoms with Crippen LogP contribution in [0.4, 0.5) is 0 Å². The zero-order valence-electron chi connectivity index (χ0n) is 11.1. The number of aliphatic hydroxyl groups excluding tert-OH is 1. The topological polar surface area (TPSA) is 44.7 Å². The van der Waals surface area contributed by atoms with E-state index in [1.54, 1.807) is 7.11 Å². The first-order chi connectivity index (χ1) is 8.76. The van der Waals surface area contributed by atoms with Gasteiger partial charge in [-0.05, 0) is 13.0 Å². The molecule has 0 spiro atoms. The van der Waals surface area contributed by atoms with Crippen LogP contribution < -0.4 is 10.1 Å². The molecule has 1 aliphatic rings. The van der Waals surface area contributed by atoms with Crippen molar-refractivity contribution < 1.29 is 9.84 Å². The van der Waals surface area contributed by atoms with Crippen LogP contribution in [-0.4, -0.2) is 49.9 Å². The summed E-state index contributed by atoms with van der Waals surface area (Å²) < 4.78 is 5.42. The number of methoxy groups -OCH3 is 1. The standard InChI is InChI=1S/C14H22N2O2/c1-11-3-4-14(18-2)12(9-11)13(10-17)16-7-5-15-6-8-16/h3-4,9,13,15,17H,5-8,10H2,1-2H3. The second kappa shape index (κ2) is 6.18. The van der Waals surface area contributed by atoms with E-state index >= 15 is 0 Å². The summed E-state index contributed by atoms with van der Waals surface area (Å²) >= 11 is 0. The SMILES string of the molecule is COc1ccc(C)cc1C(CO)N1CCNCC1. The van der Waals surface area contributed by atoms with Crippen molar-refractivity contribution in [3.63, 3.8) is 0 Å². The van der Waals surface area contributed by atoms with Gasteiger partial charge in [0.1, 0.15) is 5.75 Å². The predicted octanol–water partition coefficient (Wildman–Crippen LogP) is 0.942. The van der Waals surface area contributed by atoms with Crippen molar-refractivity contribution in [2.75, 3.05) is 39.9 Å². The van der Waals surface area contributed by atoms with Gasteiger partial charge in [0.05, 0.1) is 19.8 Å². The lowest BCUT2D eigenvalue weighted by Gasteiger charge is -2.34. The fourth-order valence-corrected chi connectivity index (χ4v) is 2.52. The Bertz CT molecular complexity index is 389. The summed E-state index contributed by atoms with van der Waals surface area (Å²) in [5.41, 5.74) is 2.28. The number of ether oxygens (including phenoxy) is 1. The van der Waals surface area contributed by atoms with Crippen LogP contribution >= 0.6 is 0 Å². The number of aliphatic hydroxyl groups is 1. The highest BCUT2D eigenvalue weighted by atomic mass is 16.5. The summed E-state index contributed by atoms with van der Waals surface area (Å²) in [6.45, 7) is 6.06. The first kappa shape index (κ1) is 13.3. The summed E-state index contributed by atoms with van der Waals surface area (Å²) in [6.07, 6.45) is 0. The fourth-order valence-electron chi connectivity index (χ4n) is 2.52. The first-order valence-corrected chi connectivity index (χ1v) is 6.46. The van der Waals surface area contributed by atoms with E-state index in [1.165, 1.54) is 5.56 Å². The molecule has 1 unspecified atom stereocenters. The highest BCUT2D eigenvalue weighted by molar-refractivity contribution is 5.39. The van der Waals surface area contributed by atoms with Crippen LogP contribution in [0.2, 0.25) is 0 Å². The molecule has 0 aliphatic carbocycles. The molecule has 1 aromatic rings. The third-order valence-corrected chi connectivity index (χ3v) is 3.51. The summed E-state index contributed by atoms with van der Waals surface area (Å²) in [7, 11) is 1.68. The number of hydrogen-bond donors (Lipinski definition) is 2. The van der Waals surface area contributed by atoms with Gasteiger partial charge in [0.25, 0.3) is 0 Å². The number of nitrogens with zero attached hydrogens (tertiary/aromatic N) is 1. The van der Waals surface area contributed by atoms with E-state index in [-0.39, 0.29) is 12.6 Å². The number of hydrogen-bond acceptors (Lipinski definition) is 4. The molecule has 1 fully saturated rings. The zero-order valence-corrected chi connectivity index (χ0v) is 11.1. The molecule has 1 aromatic carbocycles. The molecule has 0 radical (unpaired) electrons. The van der Waals surface area contributed by atoms with Crippen LogP contribution in [0.25, 0.3) is 0 Å². The molecule has 0 aromatic heterocycles. The largest absolute Gasteiger partial charge is 0.496 e.